The molecule has 0 aromatic heterocycles. The summed E-state index contributed by atoms with van der Waals surface area (Å²) in [6.07, 6.45) is 6.86. The maximum atomic E-state index is 6.13. The van der Waals surface area contributed by atoms with Crippen LogP contribution in [0.15, 0.2) is 66.7 Å². The zero-order valence-corrected chi connectivity index (χ0v) is 11.8. The lowest BCUT2D eigenvalue weighted by Crippen LogP contribution is -2.16. The van der Waals surface area contributed by atoms with Gasteiger partial charge in [-0.2, -0.15) is 0 Å². The quantitative estimate of drug-likeness (QED) is 0.711. The molecule has 1 aliphatic heterocycles. The summed E-state index contributed by atoms with van der Waals surface area (Å²) in [5, 5.41) is 0. The standard InChI is InChI=1S/C19H20O/c1-2-3-5-14-18-19(15-10-6-4-7-11-15)16-12-8-9-13-17(16)20-18/h4-14,18-19H,2-3H2,1H3/b14-5+/t18-,19-/m1/s1. The zero-order valence-electron chi connectivity index (χ0n) is 11.8. The van der Waals surface area contributed by atoms with Crippen molar-refractivity contribution >= 4 is 0 Å². The second kappa shape index (κ2) is 5.96. The molecule has 102 valence electrons. The van der Waals surface area contributed by atoms with Crippen molar-refractivity contribution in [1.82, 2.24) is 0 Å². The van der Waals surface area contributed by atoms with Crippen molar-refractivity contribution in [3.05, 3.63) is 77.9 Å². The third-order valence-electron chi connectivity index (χ3n) is 3.79. The summed E-state index contributed by atoms with van der Waals surface area (Å²) in [5.74, 6) is 1.33. The van der Waals surface area contributed by atoms with E-state index in [0.29, 0.717) is 5.92 Å². The van der Waals surface area contributed by atoms with Crippen molar-refractivity contribution in [3.8, 4) is 5.75 Å². The van der Waals surface area contributed by atoms with E-state index in [4.69, 9.17) is 4.74 Å². The van der Waals surface area contributed by atoms with Gasteiger partial charge in [-0.15, -0.1) is 0 Å². The highest BCUT2D eigenvalue weighted by atomic mass is 16.5. The van der Waals surface area contributed by atoms with Crippen molar-refractivity contribution in [2.24, 2.45) is 0 Å². The van der Waals surface area contributed by atoms with Crippen LogP contribution < -0.4 is 4.74 Å². The maximum absolute atomic E-state index is 6.13. The molecule has 2 aromatic carbocycles. The van der Waals surface area contributed by atoms with Gasteiger partial charge in [0, 0.05) is 5.56 Å². The topological polar surface area (TPSA) is 9.23 Å². The Balaban J connectivity index is 1.96. The number of para-hydroxylation sites is 1. The third-order valence-corrected chi connectivity index (χ3v) is 3.79. The predicted octanol–water partition coefficient (Wildman–Crippen LogP) is 4.94. The van der Waals surface area contributed by atoms with Gasteiger partial charge in [-0.3, -0.25) is 0 Å². The van der Waals surface area contributed by atoms with Gasteiger partial charge in [0.2, 0.25) is 0 Å². The highest BCUT2D eigenvalue weighted by Crippen LogP contribution is 2.42. The lowest BCUT2D eigenvalue weighted by atomic mass is 9.88. The molecule has 0 spiro atoms. The Morgan fingerprint density at radius 1 is 1.00 bits per heavy atom. The van der Waals surface area contributed by atoms with Gasteiger partial charge in [-0.05, 0) is 24.1 Å². The molecule has 0 N–H and O–H groups in total. The molecule has 0 saturated heterocycles. The van der Waals surface area contributed by atoms with Gasteiger partial charge < -0.3 is 4.74 Å². The van der Waals surface area contributed by atoms with Crippen LogP contribution in [0.2, 0.25) is 0 Å². The number of ether oxygens (including phenoxy) is 1. The number of fused-ring (bicyclic) bond motifs is 1. The first-order valence-electron chi connectivity index (χ1n) is 7.37. The van der Waals surface area contributed by atoms with Crippen molar-refractivity contribution < 1.29 is 4.74 Å². The van der Waals surface area contributed by atoms with E-state index in [0.717, 1.165) is 12.2 Å². The van der Waals surface area contributed by atoms with Crippen molar-refractivity contribution in [3.63, 3.8) is 0 Å². The summed E-state index contributed by atoms with van der Waals surface area (Å²) < 4.78 is 6.13. The van der Waals surface area contributed by atoms with Crippen LogP contribution in [0.25, 0.3) is 0 Å². The van der Waals surface area contributed by atoms with Gasteiger partial charge in [0.05, 0.1) is 5.92 Å². The number of allylic oxidation sites excluding steroid dienone is 1. The Morgan fingerprint density at radius 2 is 1.75 bits per heavy atom. The number of hydrogen-bond acceptors (Lipinski definition) is 1. The Kier molecular flexibility index (Phi) is 3.87. The molecular weight excluding hydrogens is 244 g/mol. The Hall–Kier alpha value is -2.02. The average molecular weight is 264 g/mol. The first kappa shape index (κ1) is 13.0. The van der Waals surface area contributed by atoms with Crippen LogP contribution in [-0.4, -0.2) is 6.10 Å². The van der Waals surface area contributed by atoms with E-state index < -0.39 is 0 Å². The molecule has 0 bridgehead atoms. The molecule has 1 heteroatoms. The minimum absolute atomic E-state index is 0.112. The van der Waals surface area contributed by atoms with Gasteiger partial charge in [-0.1, -0.05) is 68.0 Å². The van der Waals surface area contributed by atoms with Crippen LogP contribution in [-0.2, 0) is 0 Å². The SMILES string of the molecule is CCC/C=C/[C@H]1Oc2ccccc2[C@H]1c1ccccc1. The van der Waals surface area contributed by atoms with E-state index in [1.54, 1.807) is 0 Å². The minimum Gasteiger partial charge on any atom is -0.485 e. The number of benzene rings is 2. The molecule has 0 amide bonds. The minimum atomic E-state index is 0.112. The van der Waals surface area contributed by atoms with Crippen molar-refractivity contribution in [2.45, 2.75) is 31.8 Å². The summed E-state index contributed by atoms with van der Waals surface area (Å²) in [5.41, 5.74) is 2.62. The number of unbranched alkanes of at least 4 members (excludes halogenated alkanes) is 1. The van der Waals surface area contributed by atoms with E-state index in [2.05, 4.69) is 67.6 Å². The Labute approximate surface area is 120 Å². The summed E-state index contributed by atoms with van der Waals surface area (Å²) in [6, 6.07) is 19.0. The summed E-state index contributed by atoms with van der Waals surface area (Å²) >= 11 is 0. The van der Waals surface area contributed by atoms with Crippen molar-refractivity contribution in [2.75, 3.05) is 0 Å². The van der Waals surface area contributed by atoms with E-state index >= 15 is 0 Å². The molecule has 0 radical (unpaired) electrons. The van der Waals surface area contributed by atoms with E-state index in [1.807, 2.05) is 6.07 Å². The predicted molar refractivity (Wildman–Crippen MR) is 83.2 cm³/mol. The summed E-state index contributed by atoms with van der Waals surface area (Å²) in [4.78, 5) is 0. The Morgan fingerprint density at radius 3 is 2.55 bits per heavy atom. The average Bonchev–Trinajstić information content (AvgIpc) is 2.86. The van der Waals surface area contributed by atoms with Crippen LogP contribution in [0.5, 0.6) is 5.75 Å². The molecule has 3 rings (SSSR count). The molecule has 0 fully saturated rings. The number of rotatable bonds is 4. The van der Waals surface area contributed by atoms with E-state index in [1.165, 1.54) is 17.5 Å². The molecule has 0 saturated carbocycles. The second-order valence-electron chi connectivity index (χ2n) is 5.23. The summed E-state index contributed by atoms with van der Waals surface area (Å²) in [6.45, 7) is 2.20. The molecule has 1 heterocycles. The largest absolute Gasteiger partial charge is 0.485 e. The first-order chi connectivity index (χ1) is 9.90. The van der Waals surface area contributed by atoms with E-state index in [-0.39, 0.29) is 6.10 Å². The monoisotopic (exact) mass is 264 g/mol. The van der Waals surface area contributed by atoms with Gasteiger partial charge in [0.15, 0.2) is 0 Å². The molecule has 2 atom stereocenters. The highest BCUT2D eigenvalue weighted by Gasteiger charge is 2.33. The van der Waals surface area contributed by atoms with Gasteiger partial charge >= 0.3 is 0 Å². The van der Waals surface area contributed by atoms with Crippen LogP contribution in [0, 0.1) is 0 Å². The maximum Gasteiger partial charge on any atom is 0.128 e. The zero-order chi connectivity index (χ0) is 13.8. The normalized spacial score (nSPS) is 20.9. The van der Waals surface area contributed by atoms with E-state index in [9.17, 15) is 0 Å². The molecule has 1 aliphatic rings. The second-order valence-corrected chi connectivity index (χ2v) is 5.23. The van der Waals surface area contributed by atoms with Crippen LogP contribution >= 0.6 is 0 Å². The summed E-state index contributed by atoms with van der Waals surface area (Å²) in [7, 11) is 0. The molecule has 0 unspecified atom stereocenters. The van der Waals surface area contributed by atoms with Crippen LogP contribution in [0.1, 0.15) is 36.8 Å². The third kappa shape index (κ3) is 2.49. The molecular formula is C19H20O. The molecule has 1 nitrogen and oxygen atoms in total. The lowest BCUT2D eigenvalue weighted by Gasteiger charge is -2.16. The van der Waals surface area contributed by atoms with Gasteiger partial charge in [-0.25, -0.2) is 0 Å². The highest BCUT2D eigenvalue weighted by molar-refractivity contribution is 5.48. The lowest BCUT2D eigenvalue weighted by molar-refractivity contribution is 0.267. The van der Waals surface area contributed by atoms with Gasteiger partial charge in [0.25, 0.3) is 0 Å². The fourth-order valence-corrected chi connectivity index (χ4v) is 2.81. The first-order valence-corrected chi connectivity index (χ1v) is 7.37. The molecule has 0 aliphatic carbocycles. The van der Waals surface area contributed by atoms with Gasteiger partial charge in [0.1, 0.15) is 11.9 Å². The number of hydrogen-bond donors (Lipinski definition) is 0. The Bertz CT molecular complexity index is 586. The fraction of sp³-hybridized carbons (Fsp3) is 0.263. The fourth-order valence-electron chi connectivity index (χ4n) is 2.81. The molecule has 2 aromatic rings. The van der Waals surface area contributed by atoms with Crippen molar-refractivity contribution in [1.29, 1.82) is 0 Å². The van der Waals surface area contributed by atoms with Crippen LogP contribution in [0.4, 0.5) is 0 Å². The van der Waals surface area contributed by atoms with Crippen LogP contribution in [0.3, 0.4) is 0 Å². The molecule has 20 heavy (non-hydrogen) atoms. The smallest absolute Gasteiger partial charge is 0.128 e.